The summed E-state index contributed by atoms with van der Waals surface area (Å²) in [6.07, 6.45) is -4.48. The van der Waals surface area contributed by atoms with Gasteiger partial charge in [0, 0.05) is 12.3 Å². The maximum Gasteiger partial charge on any atom is 0.345 e. The van der Waals surface area contributed by atoms with Gasteiger partial charge in [0.1, 0.15) is 18.3 Å². The molecule has 0 aromatic carbocycles. The van der Waals surface area contributed by atoms with Crippen molar-refractivity contribution >= 4 is 0 Å². The van der Waals surface area contributed by atoms with Crippen LogP contribution < -0.4 is 11.2 Å². The van der Waals surface area contributed by atoms with Crippen molar-refractivity contribution in [2.75, 3.05) is 6.61 Å². The summed E-state index contributed by atoms with van der Waals surface area (Å²) in [5.41, 5.74) is -1.50. The number of alkyl halides is 2. The van der Waals surface area contributed by atoms with Gasteiger partial charge in [0.15, 0.2) is 6.23 Å². The summed E-state index contributed by atoms with van der Waals surface area (Å²) in [6, 6.07) is 1.02. The molecular weight excluding hydrogens is 282 g/mol. The van der Waals surface area contributed by atoms with Crippen LogP contribution in [0.5, 0.6) is 0 Å². The summed E-state index contributed by atoms with van der Waals surface area (Å²) in [5.74, 6) is 0. The maximum atomic E-state index is 11.9. The highest BCUT2D eigenvalue weighted by Crippen LogP contribution is 2.28. The fourth-order valence-corrected chi connectivity index (χ4v) is 1.89. The minimum atomic E-state index is -3.04. The lowest BCUT2D eigenvalue weighted by molar-refractivity contribution is -0.164. The van der Waals surface area contributed by atoms with Crippen LogP contribution in [0.4, 0.5) is 8.78 Å². The van der Waals surface area contributed by atoms with Crippen LogP contribution in [-0.2, 0) is 9.47 Å². The smallest absolute Gasteiger partial charge is 0.345 e. The third kappa shape index (κ3) is 2.93. The Balaban J connectivity index is 2.17. The highest BCUT2D eigenvalue weighted by Gasteiger charge is 2.44. The Kier molecular flexibility index (Phi) is 4.28. The highest BCUT2D eigenvalue weighted by molar-refractivity contribution is 4.93. The lowest BCUT2D eigenvalue weighted by Crippen LogP contribution is -2.37. The van der Waals surface area contributed by atoms with E-state index in [9.17, 15) is 28.6 Å². The minimum Gasteiger partial charge on any atom is -0.387 e. The first-order valence-corrected chi connectivity index (χ1v) is 5.63. The molecule has 0 aliphatic carbocycles. The van der Waals surface area contributed by atoms with E-state index in [0.29, 0.717) is 0 Å². The second-order valence-corrected chi connectivity index (χ2v) is 4.16. The first kappa shape index (κ1) is 14.8. The summed E-state index contributed by atoms with van der Waals surface area (Å²) in [6.45, 7) is -3.69. The zero-order chi connectivity index (χ0) is 14.9. The number of rotatable bonds is 4. The van der Waals surface area contributed by atoms with E-state index in [1.807, 2.05) is 4.98 Å². The molecule has 20 heavy (non-hydrogen) atoms. The molecule has 1 aliphatic rings. The monoisotopic (exact) mass is 294 g/mol. The number of halogens is 2. The van der Waals surface area contributed by atoms with Crippen LogP contribution in [-0.4, -0.2) is 51.3 Å². The first-order valence-electron chi connectivity index (χ1n) is 5.63. The molecule has 1 aromatic heterocycles. The second kappa shape index (κ2) is 5.79. The predicted octanol–water partition coefficient (Wildman–Crippen LogP) is -1.60. The largest absolute Gasteiger partial charge is 0.387 e. The number of hydrogen-bond acceptors (Lipinski definition) is 6. The Morgan fingerprint density at radius 1 is 1.40 bits per heavy atom. The minimum absolute atomic E-state index is 0.642. The van der Waals surface area contributed by atoms with Gasteiger partial charge in [-0.1, -0.05) is 0 Å². The van der Waals surface area contributed by atoms with Crippen LogP contribution in [0.2, 0.25) is 0 Å². The van der Waals surface area contributed by atoms with E-state index >= 15 is 0 Å². The lowest BCUT2D eigenvalue weighted by Gasteiger charge is -2.16. The second-order valence-electron chi connectivity index (χ2n) is 4.16. The van der Waals surface area contributed by atoms with Gasteiger partial charge in [-0.2, -0.15) is 8.78 Å². The molecule has 8 nitrogen and oxygen atoms in total. The van der Waals surface area contributed by atoms with Gasteiger partial charge in [0.25, 0.3) is 5.56 Å². The van der Waals surface area contributed by atoms with E-state index in [1.165, 1.54) is 0 Å². The highest BCUT2D eigenvalue weighted by atomic mass is 19.3. The number of H-pyrrole nitrogens is 1. The Morgan fingerprint density at radius 2 is 2.10 bits per heavy atom. The fraction of sp³-hybridized carbons (Fsp3) is 0.600. The Labute approximate surface area is 110 Å². The molecule has 112 valence electrons. The van der Waals surface area contributed by atoms with E-state index in [1.54, 1.807) is 0 Å². The zero-order valence-electron chi connectivity index (χ0n) is 9.98. The Hall–Kier alpha value is -1.62. The SMILES string of the molecule is O=c1ccn([C@@H]2O[C@H](COC(F)F)[C@@H](O)[C@H]2O)c(=O)[nH]1. The normalized spacial score (nSPS) is 30.1. The molecule has 0 spiro atoms. The molecular formula is C10H12F2N2O6. The van der Waals surface area contributed by atoms with Gasteiger partial charge >= 0.3 is 12.3 Å². The van der Waals surface area contributed by atoms with E-state index in [0.717, 1.165) is 16.8 Å². The first-order chi connectivity index (χ1) is 9.40. The number of aromatic amines is 1. The molecule has 0 amide bonds. The van der Waals surface area contributed by atoms with Crippen molar-refractivity contribution < 1.29 is 28.5 Å². The van der Waals surface area contributed by atoms with Crippen LogP contribution in [0.15, 0.2) is 21.9 Å². The number of aromatic nitrogens is 2. The molecule has 1 saturated heterocycles. The van der Waals surface area contributed by atoms with E-state index in [4.69, 9.17) is 4.74 Å². The van der Waals surface area contributed by atoms with Gasteiger partial charge in [0.2, 0.25) is 0 Å². The van der Waals surface area contributed by atoms with Crippen molar-refractivity contribution in [1.29, 1.82) is 0 Å². The van der Waals surface area contributed by atoms with Crippen LogP contribution >= 0.6 is 0 Å². The fourth-order valence-electron chi connectivity index (χ4n) is 1.89. The van der Waals surface area contributed by atoms with E-state index < -0.39 is 49.0 Å². The molecule has 0 bridgehead atoms. The van der Waals surface area contributed by atoms with Gasteiger partial charge in [-0.3, -0.25) is 14.3 Å². The van der Waals surface area contributed by atoms with Crippen molar-refractivity contribution in [2.45, 2.75) is 31.2 Å². The standard InChI is InChI=1S/C10H12F2N2O6/c11-9(12)19-3-4-6(16)7(17)8(20-4)14-2-1-5(15)13-10(14)18/h1-2,4,6-9,16-17H,3H2,(H,13,15,18)/t4-,6-,7-,8-/m1/s1. The van der Waals surface area contributed by atoms with Crippen LogP contribution in [0.1, 0.15) is 6.23 Å². The molecule has 4 atom stereocenters. The van der Waals surface area contributed by atoms with Gasteiger partial charge < -0.3 is 19.7 Å². The van der Waals surface area contributed by atoms with Crippen molar-refractivity contribution in [3.63, 3.8) is 0 Å². The Bertz CT molecular complexity index is 573. The number of hydrogen-bond donors (Lipinski definition) is 3. The van der Waals surface area contributed by atoms with Crippen LogP contribution in [0, 0.1) is 0 Å². The van der Waals surface area contributed by atoms with Crippen molar-refractivity contribution in [1.82, 2.24) is 9.55 Å². The number of nitrogens with zero attached hydrogens (tertiary/aromatic N) is 1. The molecule has 0 unspecified atom stereocenters. The maximum absolute atomic E-state index is 11.9. The van der Waals surface area contributed by atoms with E-state index in [-0.39, 0.29) is 0 Å². The molecule has 0 radical (unpaired) electrons. The predicted molar refractivity (Wildman–Crippen MR) is 59.2 cm³/mol. The number of aliphatic hydroxyl groups is 2. The summed E-state index contributed by atoms with van der Waals surface area (Å²) in [7, 11) is 0. The molecule has 10 heteroatoms. The number of nitrogens with one attached hydrogen (secondary N) is 1. The van der Waals surface area contributed by atoms with Crippen LogP contribution in [0.3, 0.4) is 0 Å². The molecule has 3 N–H and O–H groups in total. The molecule has 1 fully saturated rings. The average molecular weight is 294 g/mol. The molecule has 1 aromatic rings. The molecule has 2 rings (SSSR count). The summed E-state index contributed by atoms with van der Waals surface area (Å²) in [4.78, 5) is 24.4. The van der Waals surface area contributed by atoms with Crippen LogP contribution in [0.25, 0.3) is 0 Å². The quantitative estimate of drug-likeness (QED) is 0.616. The third-order valence-corrected chi connectivity index (χ3v) is 2.85. The van der Waals surface area contributed by atoms with Gasteiger partial charge in [-0.15, -0.1) is 0 Å². The third-order valence-electron chi connectivity index (χ3n) is 2.85. The van der Waals surface area contributed by atoms with Gasteiger partial charge in [-0.05, 0) is 0 Å². The van der Waals surface area contributed by atoms with E-state index in [2.05, 4.69) is 4.74 Å². The molecule has 0 saturated carbocycles. The summed E-state index contributed by atoms with van der Waals surface area (Å²) in [5, 5.41) is 19.4. The van der Waals surface area contributed by atoms with Gasteiger partial charge in [-0.25, -0.2) is 4.79 Å². The lowest BCUT2D eigenvalue weighted by atomic mass is 10.1. The van der Waals surface area contributed by atoms with Gasteiger partial charge in [0.05, 0.1) is 6.61 Å². The van der Waals surface area contributed by atoms with Crippen molar-refractivity contribution in [2.24, 2.45) is 0 Å². The Morgan fingerprint density at radius 3 is 2.70 bits per heavy atom. The average Bonchev–Trinajstić information content (AvgIpc) is 2.64. The molecule has 1 aliphatic heterocycles. The zero-order valence-corrected chi connectivity index (χ0v) is 9.98. The number of ether oxygens (including phenoxy) is 2. The summed E-state index contributed by atoms with van der Waals surface area (Å²) < 4.78 is 33.8. The topological polar surface area (TPSA) is 114 Å². The number of aliphatic hydroxyl groups excluding tert-OH is 2. The van der Waals surface area contributed by atoms with Crippen molar-refractivity contribution in [3.8, 4) is 0 Å². The van der Waals surface area contributed by atoms with Crippen molar-refractivity contribution in [3.05, 3.63) is 33.1 Å². The molecule has 2 heterocycles. The summed E-state index contributed by atoms with van der Waals surface area (Å²) >= 11 is 0.